The minimum atomic E-state index is -0.151. The monoisotopic (exact) mass is 172 g/mol. The van der Waals surface area contributed by atoms with E-state index in [-0.39, 0.29) is 11.5 Å². The molecule has 0 aliphatic carbocycles. The first-order valence-corrected chi connectivity index (χ1v) is 4.95. The second-order valence-electron chi connectivity index (χ2n) is 5.16. The van der Waals surface area contributed by atoms with E-state index in [4.69, 9.17) is 0 Å². The summed E-state index contributed by atoms with van der Waals surface area (Å²) in [6.45, 7) is 13.0. The van der Waals surface area contributed by atoms with Crippen LogP contribution in [0.15, 0.2) is 0 Å². The van der Waals surface area contributed by atoms with Gasteiger partial charge in [-0.3, -0.25) is 0 Å². The average Bonchev–Trinajstić information content (AvgIpc) is 1.85. The Morgan fingerprint density at radius 1 is 1.08 bits per heavy atom. The number of hydrogen-bond donors (Lipinski definition) is 1. The van der Waals surface area contributed by atoms with Crippen LogP contribution in [0.1, 0.15) is 48.0 Å². The Bertz CT molecular complexity index is 125. The first-order valence-electron chi connectivity index (χ1n) is 4.95. The molecule has 12 heavy (non-hydrogen) atoms. The van der Waals surface area contributed by atoms with E-state index in [1.165, 1.54) is 0 Å². The fourth-order valence-electron chi connectivity index (χ4n) is 1.01. The summed E-state index contributed by atoms with van der Waals surface area (Å²) in [5.74, 6) is 1.01. The highest BCUT2D eigenvalue weighted by Gasteiger charge is 2.26. The number of hydrogen-bond acceptors (Lipinski definition) is 1. The Morgan fingerprint density at radius 2 is 1.50 bits per heavy atom. The van der Waals surface area contributed by atoms with Crippen molar-refractivity contribution in [2.75, 3.05) is 0 Å². The van der Waals surface area contributed by atoms with Crippen molar-refractivity contribution in [3.8, 4) is 0 Å². The van der Waals surface area contributed by atoms with Crippen molar-refractivity contribution in [2.24, 2.45) is 17.3 Å². The molecule has 0 aromatic rings. The summed E-state index contributed by atoms with van der Waals surface area (Å²) in [4.78, 5) is 0. The van der Waals surface area contributed by atoms with Gasteiger partial charge in [0.25, 0.3) is 0 Å². The van der Waals surface area contributed by atoms with Gasteiger partial charge in [-0.1, -0.05) is 41.5 Å². The third-order valence-electron chi connectivity index (χ3n) is 3.07. The molecule has 1 N–H and O–H groups in total. The molecule has 0 rings (SSSR count). The summed E-state index contributed by atoms with van der Waals surface area (Å²) in [5, 5.41) is 9.71. The molecule has 0 aliphatic heterocycles. The minimum absolute atomic E-state index is 0.151. The summed E-state index contributed by atoms with van der Waals surface area (Å²) in [6.07, 6.45) is 0.755. The topological polar surface area (TPSA) is 20.2 Å². The summed E-state index contributed by atoms with van der Waals surface area (Å²) < 4.78 is 0. The van der Waals surface area contributed by atoms with E-state index in [9.17, 15) is 5.11 Å². The first-order chi connectivity index (χ1) is 5.27. The van der Waals surface area contributed by atoms with Gasteiger partial charge in [0.2, 0.25) is 0 Å². The van der Waals surface area contributed by atoms with Crippen LogP contribution in [-0.2, 0) is 0 Å². The predicted octanol–water partition coefficient (Wildman–Crippen LogP) is 3.08. The van der Waals surface area contributed by atoms with Gasteiger partial charge in [-0.15, -0.1) is 0 Å². The first kappa shape index (κ1) is 12.0. The van der Waals surface area contributed by atoms with Gasteiger partial charge in [0.15, 0.2) is 0 Å². The van der Waals surface area contributed by atoms with E-state index in [1.807, 2.05) is 0 Å². The lowest BCUT2D eigenvalue weighted by molar-refractivity contribution is 0.0562. The molecule has 0 amide bonds. The van der Waals surface area contributed by atoms with Crippen LogP contribution in [-0.4, -0.2) is 11.2 Å². The number of aliphatic hydroxyl groups excluding tert-OH is 1. The maximum absolute atomic E-state index is 9.71. The van der Waals surface area contributed by atoms with Crippen LogP contribution in [0.4, 0.5) is 0 Å². The second kappa shape index (κ2) is 4.27. The van der Waals surface area contributed by atoms with E-state index in [2.05, 4.69) is 41.5 Å². The maximum Gasteiger partial charge on any atom is 0.0568 e. The Hall–Kier alpha value is -0.0400. The van der Waals surface area contributed by atoms with Crippen molar-refractivity contribution in [3.63, 3.8) is 0 Å². The van der Waals surface area contributed by atoms with E-state index < -0.39 is 0 Å². The SMILES string of the molecule is CC(C)C(O)CC(C)(C)C(C)C. The second-order valence-corrected chi connectivity index (χ2v) is 5.16. The molecule has 0 fully saturated rings. The largest absolute Gasteiger partial charge is 0.393 e. The van der Waals surface area contributed by atoms with E-state index in [0.717, 1.165) is 6.42 Å². The van der Waals surface area contributed by atoms with Crippen molar-refractivity contribution in [3.05, 3.63) is 0 Å². The Morgan fingerprint density at radius 3 is 1.75 bits per heavy atom. The summed E-state index contributed by atoms with van der Waals surface area (Å²) in [5.41, 5.74) is 0.254. The van der Waals surface area contributed by atoms with Crippen molar-refractivity contribution in [2.45, 2.75) is 54.1 Å². The van der Waals surface area contributed by atoms with Crippen LogP contribution in [0.25, 0.3) is 0 Å². The maximum atomic E-state index is 9.71. The molecule has 0 radical (unpaired) electrons. The lowest BCUT2D eigenvalue weighted by Crippen LogP contribution is -2.28. The molecule has 0 saturated heterocycles. The van der Waals surface area contributed by atoms with Gasteiger partial charge in [-0.25, -0.2) is 0 Å². The van der Waals surface area contributed by atoms with Crippen LogP contribution in [0.5, 0.6) is 0 Å². The zero-order valence-electron chi connectivity index (χ0n) is 9.39. The zero-order valence-corrected chi connectivity index (χ0v) is 9.39. The fraction of sp³-hybridized carbons (Fsp3) is 1.00. The third kappa shape index (κ3) is 3.57. The Labute approximate surface area is 77.2 Å². The van der Waals surface area contributed by atoms with Crippen molar-refractivity contribution in [1.29, 1.82) is 0 Å². The molecule has 0 saturated carbocycles. The molecule has 0 bridgehead atoms. The lowest BCUT2D eigenvalue weighted by Gasteiger charge is -2.32. The van der Waals surface area contributed by atoms with Gasteiger partial charge in [-0.2, -0.15) is 0 Å². The molecular weight excluding hydrogens is 148 g/mol. The number of aliphatic hydroxyl groups is 1. The molecule has 1 atom stereocenters. The molecule has 0 aromatic heterocycles. The van der Waals surface area contributed by atoms with Gasteiger partial charge >= 0.3 is 0 Å². The van der Waals surface area contributed by atoms with Crippen molar-refractivity contribution < 1.29 is 5.11 Å². The van der Waals surface area contributed by atoms with Crippen LogP contribution in [0, 0.1) is 17.3 Å². The molecule has 1 nitrogen and oxygen atoms in total. The molecule has 0 spiro atoms. The quantitative estimate of drug-likeness (QED) is 0.691. The Balaban J connectivity index is 4.05. The highest BCUT2D eigenvalue weighted by molar-refractivity contribution is 4.77. The van der Waals surface area contributed by atoms with Gasteiger partial charge < -0.3 is 5.11 Å². The fourth-order valence-corrected chi connectivity index (χ4v) is 1.01. The highest BCUT2D eigenvalue weighted by Crippen LogP contribution is 2.32. The molecule has 0 heterocycles. The Kier molecular flexibility index (Phi) is 4.25. The molecule has 0 aliphatic rings. The van der Waals surface area contributed by atoms with Gasteiger partial charge in [0, 0.05) is 0 Å². The normalized spacial score (nSPS) is 15.8. The van der Waals surface area contributed by atoms with E-state index >= 15 is 0 Å². The molecule has 1 heteroatoms. The van der Waals surface area contributed by atoms with Gasteiger partial charge in [0.1, 0.15) is 0 Å². The van der Waals surface area contributed by atoms with Gasteiger partial charge in [0.05, 0.1) is 6.10 Å². The van der Waals surface area contributed by atoms with E-state index in [1.54, 1.807) is 0 Å². The molecule has 1 unspecified atom stereocenters. The smallest absolute Gasteiger partial charge is 0.0568 e. The van der Waals surface area contributed by atoms with Crippen LogP contribution >= 0.6 is 0 Å². The minimum Gasteiger partial charge on any atom is -0.393 e. The summed E-state index contributed by atoms with van der Waals surface area (Å²) >= 11 is 0. The average molecular weight is 172 g/mol. The number of rotatable bonds is 4. The van der Waals surface area contributed by atoms with Crippen molar-refractivity contribution in [1.82, 2.24) is 0 Å². The van der Waals surface area contributed by atoms with Crippen molar-refractivity contribution >= 4 is 0 Å². The van der Waals surface area contributed by atoms with Crippen LogP contribution < -0.4 is 0 Å². The summed E-state index contributed by atoms with van der Waals surface area (Å²) in [6, 6.07) is 0. The lowest BCUT2D eigenvalue weighted by atomic mass is 9.75. The molecular formula is C11H24O. The van der Waals surface area contributed by atoms with Crippen LogP contribution in [0.2, 0.25) is 0 Å². The molecule has 74 valence electrons. The van der Waals surface area contributed by atoms with Gasteiger partial charge in [-0.05, 0) is 23.7 Å². The predicted molar refractivity (Wildman–Crippen MR) is 54.1 cm³/mol. The highest BCUT2D eigenvalue weighted by atomic mass is 16.3. The van der Waals surface area contributed by atoms with E-state index in [0.29, 0.717) is 11.8 Å². The van der Waals surface area contributed by atoms with Crippen LogP contribution in [0.3, 0.4) is 0 Å². The molecule has 0 aromatic carbocycles. The zero-order chi connectivity index (χ0) is 9.94. The summed E-state index contributed by atoms with van der Waals surface area (Å²) in [7, 11) is 0. The third-order valence-corrected chi connectivity index (χ3v) is 3.07. The standard InChI is InChI=1S/C11H24O/c1-8(2)10(12)7-11(5,6)9(3)4/h8-10,12H,7H2,1-6H3.